The molecule has 13 heavy (non-hydrogen) atoms. The topological polar surface area (TPSA) is 59.2 Å². The number of nitrogens with two attached hydrogens (primary N) is 1. The van der Waals surface area contributed by atoms with Gasteiger partial charge in [-0.05, 0) is 19.1 Å². The molecular formula is C9H11N3O. The molecule has 0 spiro atoms. The maximum Gasteiger partial charge on any atom is 0.268 e. The highest BCUT2D eigenvalue weighted by Crippen LogP contribution is 2.07. The van der Waals surface area contributed by atoms with E-state index < -0.39 is 0 Å². The van der Waals surface area contributed by atoms with Gasteiger partial charge in [0.25, 0.3) is 5.91 Å². The highest BCUT2D eigenvalue weighted by molar-refractivity contribution is 6.03. The Kier molecular flexibility index (Phi) is 2.76. The fraction of sp³-hybridized carbons (Fsp3) is 0.111. The lowest BCUT2D eigenvalue weighted by Crippen LogP contribution is -2.38. The molecule has 1 aromatic rings. The molecule has 0 fully saturated rings. The van der Waals surface area contributed by atoms with Gasteiger partial charge in [0.05, 0.1) is 0 Å². The third-order valence-electron chi connectivity index (χ3n) is 1.48. The second-order valence-electron chi connectivity index (χ2n) is 2.64. The van der Waals surface area contributed by atoms with Crippen molar-refractivity contribution in [2.45, 2.75) is 6.92 Å². The second-order valence-corrected chi connectivity index (χ2v) is 2.64. The Morgan fingerprint density at radius 1 is 1.62 bits per heavy atom. The van der Waals surface area contributed by atoms with Crippen molar-refractivity contribution in [3.8, 4) is 0 Å². The van der Waals surface area contributed by atoms with E-state index in [0.29, 0.717) is 11.4 Å². The molecule has 0 unspecified atom stereocenters. The summed E-state index contributed by atoms with van der Waals surface area (Å²) in [7, 11) is 0. The lowest BCUT2D eigenvalue weighted by molar-refractivity contribution is -0.115. The molecule has 0 aliphatic carbocycles. The van der Waals surface area contributed by atoms with Crippen LogP contribution in [0.4, 0.5) is 5.82 Å². The molecule has 0 saturated carbocycles. The Hall–Kier alpha value is -1.68. The summed E-state index contributed by atoms with van der Waals surface area (Å²) in [6.45, 7) is 5.10. The monoisotopic (exact) mass is 177 g/mol. The average Bonchev–Trinajstić information content (AvgIpc) is 2.17. The number of nitrogens with zero attached hydrogens (tertiary/aromatic N) is 2. The highest BCUT2D eigenvalue weighted by Gasteiger charge is 2.12. The summed E-state index contributed by atoms with van der Waals surface area (Å²) in [6, 6.07) is 5.16. The van der Waals surface area contributed by atoms with Crippen molar-refractivity contribution < 1.29 is 4.79 Å². The fourth-order valence-corrected chi connectivity index (χ4v) is 0.806. The van der Waals surface area contributed by atoms with Crippen molar-refractivity contribution in [2.24, 2.45) is 5.84 Å². The first-order valence-electron chi connectivity index (χ1n) is 3.78. The zero-order valence-corrected chi connectivity index (χ0v) is 7.40. The lowest BCUT2D eigenvalue weighted by Gasteiger charge is -2.14. The number of rotatable bonds is 2. The van der Waals surface area contributed by atoms with Crippen LogP contribution in [0.1, 0.15) is 6.92 Å². The molecule has 1 amide bonds. The number of hydrogen-bond donors (Lipinski definition) is 1. The average molecular weight is 177 g/mol. The largest absolute Gasteiger partial charge is 0.268 e. The van der Waals surface area contributed by atoms with Crippen molar-refractivity contribution >= 4 is 11.7 Å². The van der Waals surface area contributed by atoms with E-state index >= 15 is 0 Å². The minimum Gasteiger partial charge on any atom is -0.268 e. The molecule has 68 valence electrons. The van der Waals surface area contributed by atoms with Crippen LogP contribution < -0.4 is 10.9 Å². The first-order valence-corrected chi connectivity index (χ1v) is 3.78. The lowest BCUT2D eigenvalue weighted by atomic mass is 10.3. The predicted molar refractivity (Wildman–Crippen MR) is 50.7 cm³/mol. The van der Waals surface area contributed by atoms with Gasteiger partial charge in [-0.3, -0.25) is 4.79 Å². The van der Waals surface area contributed by atoms with Crippen LogP contribution in [-0.2, 0) is 4.79 Å². The van der Waals surface area contributed by atoms with Crippen molar-refractivity contribution in [3.05, 3.63) is 36.5 Å². The number of hydrogen-bond acceptors (Lipinski definition) is 3. The molecule has 0 aliphatic heterocycles. The van der Waals surface area contributed by atoms with Crippen LogP contribution >= 0.6 is 0 Å². The molecule has 4 nitrogen and oxygen atoms in total. The minimum atomic E-state index is -0.335. The van der Waals surface area contributed by atoms with Gasteiger partial charge >= 0.3 is 0 Å². The summed E-state index contributed by atoms with van der Waals surface area (Å²) < 4.78 is 0. The summed E-state index contributed by atoms with van der Waals surface area (Å²) >= 11 is 0. The number of carbonyl (C=O) groups is 1. The fourth-order valence-electron chi connectivity index (χ4n) is 0.806. The summed E-state index contributed by atoms with van der Waals surface area (Å²) in [5.41, 5.74) is 0.383. The van der Waals surface area contributed by atoms with Crippen LogP contribution in [0.15, 0.2) is 36.5 Å². The maximum absolute atomic E-state index is 11.3. The molecule has 0 saturated heterocycles. The van der Waals surface area contributed by atoms with Gasteiger partial charge < -0.3 is 0 Å². The normalized spacial score (nSPS) is 9.38. The maximum atomic E-state index is 11.3. The van der Waals surface area contributed by atoms with E-state index in [-0.39, 0.29) is 5.91 Å². The summed E-state index contributed by atoms with van der Waals surface area (Å²) in [5.74, 6) is 5.58. The molecule has 0 bridgehead atoms. The smallest absolute Gasteiger partial charge is 0.268 e. The standard InChI is InChI=1S/C9H11N3O/c1-7(2)9(13)12(10)8-5-3-4-6-11-8/h3-6H,1,10H2,2H3. The van der Waals surface area contributed by atoms with E-state index in [2.05, 4.69) is 11.6 Å². The van der Waals surface area contributed by atoms with Crippen LogP contribution in [0, 0.1) is 0 Å². The van der Waals surface area contributed by atoms with E-state index in [4.69, 9.17) is 5.84 Å². The van der Waals surface area contributed by atoms with Crippen molar-refractivity contribution in [3.63, 3.8) is 0 Å². The van der Waals surface area contributed by atoms with Crippen LogP contribution in [0.5, 0.6) is 0 Å². The molecule has 4 heteroatoms. The summed E-state index contributed by atoms with van der Waals surface area (Å²) in [6.07, 6.45) is 1.57. The number of pyridine rings is 1. The highest BCUT2D eigenvalue weighted by atomic mass is 16.2. The molecule has 2 N–H and O–H groups in total. The summed E-state index contributed by atoms with van der Waals surface area (Å²) in [5, 5.41) is 0.975. The van der Waals surface area contributed by atoms with Crippen molar-refractivity contribution in [1.82, 2.24) is 4.98 Å². The van der Waals surface area contributed by atoms with Gasteiger partial charge in [-0.1, -0.05) is 12.6 Å². The van der Waals surface area contributed by atoms with Crippen LogP contribution in [0.25, 0.3) is 0 Å². The second kappa shape index (κ2) is 3.82. The predicted octanol–water partition coefficient (Wildman–Crippen LogP) is 0.864. The Labute approximate surface area is 76.7 Å². The zero-order valence-electron chi connectivity index (χ0n) is 7.40. The molecule has 1 heterocycles. The van der Waals surface area contributed by atoms with Crippen LogP contribution in [0.3, 0.4) is 0 Å². The van der Waals surface area contributed by atoms with Crippen LogP contribution in [0.2, 0.25) is 0 Å². The molecule has 0 aliphatic rings. The minimum absolute atomic E-state index is 0.335. The van der Waals surface area contributed by atoms with E-state index in [1.54, 1.807) is 31.3 Å². The first kappa shape index (κ1) is 9.41. The number of anilines is 1. The molecule has 0 radical (unpaired) electrons. The Balaban J connectivity index is 2.86. The molecule has 1 rings (SSSR count). The van der Waals surface area contributed by atoms with E-state index in [0.717, 1.165) is 5.01 Å². The third kappa shape index (κ3) is 2.13. The zero-order chi connectivity index (χ0) is 9.84. The van der Waals surface area contributed by atoms with Gasteiger partial charge in [0.2, 0.25) is 0 Å². The number of hydrazine groups is 1. The Morgan fingerprint density at radius 2 is 2.31 bits per heavy atom. The van der Waals surface area contributed by atoms with Gasteiger partial charge in [-0.15, -0.1) is 0 Å². The first-order chi connectivity index (χ1) is 6.13. The van der Waals surface area contributed by atoms with Gasteiger partial charge in [0.1, 0.15) is 5.82 Å². The molecule has 0 atom stereocenters. The van der Waals surface area contributed by atoms with E-state index in [9.17, 15) is 4.79 Å². The number of carbonyl (C=O) groups excluding carboxylic acids is 1. The Morgan fingerprint density at radius 3 is 2.77 bits per heavy atom. The Bertz CT molecular complexity index is 321. The number of aromatic nitrogens is 1. The molecule has 0 aromatic carbocycles. The van der Waals surface area contributed by atoms with Gasteiger partial charge in [-0.25, -0.2) is 15.8 Å². The summed E-state index contributed by atoms with van der Waals surface area (Å²) in [4.78, 5) is 15.2. The molecular weight excluding hydrogens is 166 g/mol. The number of amides is 1. The van der Waals surface area contributed by atoms with Gasteiger partial charge in [0.15, 0.2) is 0 Å². The van der Waals surface area contributed by atoms with E-state index in [1.165, 1.54) is 0 Å². The molecule has 1 aromatic heterocycles. The van der Waals surface area contributed by atoms with E-state index in [1.807, 2.05) is 0 Å². The van der Waals surface area contributed by atoms with Gasteiger partial charge in [-0.2, -0.15) is 0 Å². The van der Waals surface area contributed by atoms with Crippen molar-refractivity contribution in [2.75, 3.05) is 5.01 Å². The quantitative estimate of drug-likeness (QED) is 0.315. The third-order valence-corrected chi connectivity index (χ3v) is 1.48. The SMILES string of the molecule is C=C(C)C(=O)N(N)c1ccccn1. The van der Waals surface area contributed by atoms with Gasteiger partial charge in [0, 0.05) is 11.8 Å². The van der Waals surface area contributed by atoms with Crippen molar-refractivity contribution in [1.29, 1.82) is 0 Å². The van der Waals surface area contributed by atoms with Crippen LogP contribution in [-0.4, -0.2) is 10.9 Å².